The monoisotopic (exact) mass is 410 g/mol. The summed E-state index contributed by atoms with van der Waals surface area (Å²) in [6.45, 7) is 5.93. The van der Waals surface area contributed by atoms with Crippen molar-refractivity contribution in [2.45, 2.75) is 58.6 Å². The molecule has 1 atom stereocenters. The first kappa shape index (κ1) is 20.2. The van der Waals surface area contributed by atoms with E-state index < -0.39 is 11.7 Å². The van der Waals surface area contributed by atoms with Gasteiger partial charge in [0.2, 0.25) is 0 Å². The third-order valence-electron chi connectivity index (χ3n) is 5.40. The van der Waals surface area contributed by atoms with Crippen molar-refractivity contribution in [3.63, 3.8) is 0 Å². The number of fused-ring (bicyclic) bond motifs is 1. The fourth-order valence-electron chi connectivity index (χ4n) is 3.68. The van der Waals surface area contributed by atoms with Crippen molar-refractivity contribution in [2.24, 2.45) is 0 Å². The Labute approximate surface area is 174 Å². The average Bonchev–Trinajstić information content (AvgIpc) is 3.45. The number of ether oxygens (including phenoxy) is 1. The van der Waals surface area contributed by atoms with Crippen LogP contribution >= 0.6 is 0 Å². The molecule has 1 fully saturated rings. The number of carbonyl (C=O) groups excluding carboxylic acids is 1. The maximum atomic E-state index is 12.9. The Morgan fingerprint density at radius 3 is 2.77 bits per heavy atom. The van der Waals surface area contributed by atoms with Gasteiger partial charge >= 0.3 is 5.63 Å². The number of aromatic nitrogens is 1. The molecule has 2 aromatic heterocycles. The molecule has 3 aromatic rings. The van der Waals surface area contributed by atoms with Crippen molar-refractivity contribution in [2.75, 3.05) is 7.05 Å². The predicted octanol–water partition coefficient (Wildman–Crippen LogP) is 3.96. The van der Waals surface area contributed by atoms with Gasteiger partial charge in [-0.1, -0.05) is 12.1 Å². The van der Waals surface area contributed by atoms with Gasteiger partial charge in [0.15, 0.2) is 6.10 Å². The van der Waals surface area contributed by atoms with Crippen LogP contribution < -0.4 is 10.4 Å². The molecule has 2 heterocycles. The fourth-order valence-corrected chi connectivity index (χ4v) is 3.68. The van der Waals surface area contributed by atoms with Gasteiger partial charge < -0.3 is 18.6 Å². The van der Waals surface area contributed by atoms with Crippen LogP contribution in [0.25, 0.3) is 11.0 Å². The number of hydrogen-bond acceptors (Lipinski definition) is 6. The molecule has 0 bridgehead atoms. The molecule has 1 aromatic carbocycles. The topological polar surface area (TPSA) is 85.8 Å². The molecule has 1 saturated carbocycles. The van der Waals surface area contributed by atoms with Crippen LogP contribution in [0.4, 0.5) is 0 Å². The van der Waals surface area contributed by atoms with Gasteiger partial charge in [-0.3, -0.25) is 4.79 Å². The second-order valence-electron chi connectivity index (χ2n) is 8.03. The summed E-state index contributed by atoms with van der Waals surface area (Å²) in [5.74, 6) is 1.75. The minimum Gasteiger partial charge on any atom is -0.480 e. The Kier molecular flexibility index (Phi) is 5.37. The Morgan fingerprint density at radius 2 is 2.07 bits per heavy atom. The van der Waals surface area contributed by atoms with E-state index in [-0.39, 0.29) is 5.91 Å². The number of hydrogen-bond donors (Lipinski definition) is 0. The minimum atomic E-state index is -0.716. The molecule has 4 rings (SSSR count). The molecule has 0 aliphatic heterocycles. The van der Waals surface area contributed by atoms with Crippen LogP contribution in [0.15, 0.2) is 38.0 Å². The number of aryl methyl sites for hydroxylation is 2. The first-order valence-electron chi connectivity index (χ1n) is 10.3. The van der Waals surface area contributed by atoms with Crippen molar-refractivity contribution < 1.29 is 18.5 Å². The van der Waals surface area contributed by atoms with E-state index in [4.69, 9.17) is 13.7 Å². The molecule has 30 heavy (non-hydrogen) atoms. The van der Waals surface area contributed by atoms with Crippen LogP contribution in [0.2, 0.25) is 0 Å². The van der Waals surface area contributed by atoms with E-state index in [1.165, 1.54) is 6.07 Å². The standard InChI is InChI=1S/C23H26N2O5/c1-5-15-10-21(26)29-20-9-13(2)8-19(22(15)20)28-14(3)23(27)25(4)12-17-11-18(30-24-17)16-6-7-16/h8-11,14,16H,5-7,12H2,1-4H3. The number of likely N-dealkylation sites (N-methyl/N-ethyl adjacent to an activating group) is 1. The second-order valence-corrected chi connectivity index (χ2v) is 8.03. The van der Waals surface area contributed by atoms with E-state index in [9.17, 15) is 9.59 Å². The number of amides is 1. The third kappa shape index (κ3) is 4.10. The van der Waals surface area contributed by atoms with Crippen LogP contribution in [0.3, 0.4) is 0 Å². The SMILES string of the molecule is CCc1cc(=O)oc2cc(C)cc(OC(C)C(=O)N(C)Cc3cc(C4CC4)on3)c12. The lowest BCUT2D eigenvalue weighted by atomic mass is 10.0. The van der Waals surface area contributed by atoms with Gasteiger partial charge in [0.05, 0.1) is 11.9 Å². The summed E-state index contributed by atoms with van der Waals surface area (Å²) in [6, 6.07) is 7.08. The summed E-state index contributed by atoms with van der Waals surface area (Å²) < 4.78 is 16.8. The largest absolute Gasteiger partial charge is 0.480 e. The summed E-state index contributed by atoms with van der Waals surface area (Å²) in [6.07, 6.45) is 2.21. The quantitative estimate of drug-likeness (QED) is 0.548. The molecule has 0 saturated heterocycles. The molecule has 7 heteroatoms. The van der Waals surface area contributed by atoms with E-state index >= 15 is 0 Å². The molecule has 1 amide bonds. The molecule has 1 aliphatic carbocycles. The number of benzene rings is 1. The van der Waals surface area contributed by atoms with Gasteiger partial charge in [-0.05, 0) is 56.4 Å². The van der Waals surface area contributed by atoms with E-state index in [1.54, 1.807) is 18.9 Å². The van der Waals surface area contributed by atoms with Crippen LogP contribution in [-0.4, -0.2) is 29.1 Å². The van der Waals surface area contributed by atoms with Gasteiger partial charge in [0.1, 0.15) is 22.8 Å². The second kappa shape index (κ2) is 7.97. The molecule has 1 aliphatic rings. The third-order valence-corrected chi connectivity index (χ3v) is 5.40. The lowest BCUT2D eigenvalue weighted by Gasteiger charge is -2.22. The van der Waals surface area contributed by atoms with E-state index in [0.29, 0.717) is 30.2 Å². The molecule has 158 valence electrons. The Morgan fingerprint density at radius 1 is 1.30 bits per heavy atom. The number of carbonyl (C=O) groups is 1. The molecular weight excluding hydrogens is 384 g/mol. The zero-order chi connectivity index (χ0) is 21.4. The van der Waals surface area contributed by atoms with Crippen LogP contribution in [0.1, 0.15) is 55.2 Å². The molecule has 7 nitrogen and oxygen atoms in total. The lowest BCUT2D eigenvalue weighted by Crippen LogP contribution is -2.37. The van der Waals surface area contributed by atoms with Crippen molar-refractivity contribution in [3.05, 3.63) is 57.3 Å². The zero-order valence-corrected chi connectivity index (χ0v) is 17.7. The van der Waals surface area contributed by atoms with Crippen molar-refractivity contribution in [1.29, 1.82) is 0 Å². The Bertz CT molecular complexity index is 1140. The maximum absolute atomic E-state index is 12.9. The van der Waals surface area contributed by atoms with Crippen LogP contribution in [0, 0.1) is 6.92 Å². The lowest BCUT2D eigenvalue weighted by molar-refractivity contribution is -0.137. The van der Waals surface area contributed by atoms with Crippen LogP contribution in [-0.2, 0) is 17.8 Å². The van der Waals surface area contributed by atoms with E-state index in [1.807, 2.05) is 32.0 Å². The minimum absolute atomic E-state index is 0.170. The van der Waals surface area contributed by atoms with Crippen molar-refractivity contribution in [1.82, 2.24) is 10.1 Å². The molecule has 0 N–H and O–H groups in total. The molecule has 1 unspecified atom stereocenters. The van der Waals surface area contributed by atoms with Crippen molar-refractivity contribution >= 4 is 16.9 Å². The van der Waals surface area contributed by atoms with Gasteiger partial charge in [-0.2, -0.15) is 0 Å². The highest BCUT2D eigenvalue weighted by Gasteiger charge is 2.28. The van der Waals surface area contributed by atoms with Gasteiger partial charge in [0, 0.05) is 25.1 Å². The number of nitrogens with zero attached hydrogens (tertiary/aromatic N) is 2. The highest BCUT2D eigenvalue weighted by Crippen LogP contribution is 2.40. The first-order valence-corrected chi connectivity index (χ1v) is 10.3. The Hall–Kier alpha value is -3.09. The zero-order valence-electron chi connectivity index (χ0n) is 17.7. The predicted molar refractivity (Wildman–Crippen MR) is 112 cm³/mol. The highest BCUT2D eigenvalue weighted by atomic mass is 16.5. The molecule has 0 radical (unpaired) electrons. The maximum Gasteiger partial charge on any atom is 0.336 e. The van der Waals surface area contributed by atoms with Crippen molar-refractivity contribution in [3.8, 4) is 5.75 Å². The summed E-state index contributed by atoms with van der Waals surface area (Å²) in [5, 5.41) is 4.81. The van der Waals surface area contributed by atoms with Gasteiger partial charge in [-0.15, -0.1) is 0 Å². The highest BCUT2D eigenvalue weighted by molar-refractivity contribution is 5.88. The summed E-state index contributed by atoms with van der Waals surface area (Å²) in [4.78, 5) is 26.3. The fraction of sp³-hybridized carbons (Fsp3) is 0.435. The normalized spacial score (nSPS) is 14.7. The van der Waals surface area contributed by atoms with Crippen LogP contribution in [0.5, 0.6) is 5.75 Å². The average molecular weight is 410 g/mol. The van der Waals surface area contributed by atoms with E-state index in [2.05, 4.69) is 5.16 Å². The number of rotatable bonds is 7. The summed E-state index contributed by atoms with van der Waals surface area (Å²) in [5.41, 5.74) is 2.53. The van der Waals surface area contributed by atoms with Gasteiger partial charge in [0.25, 0.3) is 5.91 Å². The molecule has 0 spiro atoms. The molecular formula is C23H26N2O5. The summed E-state index contributed by atoms with van der Waals surface area (Å²) >= 11 is 0. The Balaban J connectivity index is 1.53. The smallest absolute Gasteiger partial charge is 0.336 e. The first-order chi connectivity index (χ1) is 14.4. The summed E-state index contributed by atoms with van der Waals surface area (Å²) in [7, 11) is 1.72. The van der Waals surface area contributed by atoms with E-state index in [0.717, 1.165) is 40.8 Å². The van der Waals surface area contributed by atoms with Gasteiger partial charge in [-0.25, -0.2) is 4.79 Å².